The maximum absolute atomic E-state index is 6.69. The molecule has 0 N–H and O–H groups in total. The summed E-state index contributed by atoms with van der Waals surface area (Å²) in [6.07, 6.45) is 0. The lowest BCUT2D eigenvalue weighted by Gasteiger charge is -2.39. The summed E-state index contributed by atoms with van der Waals surface area (Å²) in [4.78, 5) is 15.5. The van der Waals surface area contributed by atoms with Crippen LogP contribution in [0.5, 0.6) is 11.5 Å². The van der Waals surface area contributed by atoms with E-state index >= 15 is 0 Å². The number of hydrogen-bond acceptors (Lipinski definition) is 4. The third-order valence-corrected chi connectivity index (χ3v) is 13.2. The Morgan fingerprint density at radius 2 is 0.719 bits per heavy atom. The minimum atomic E-state index is -0.626. The molecule has 4 heteroatoms. The van der Waals surface area contributed by atoms with Crippen molar-refractivity contribution in [2.24, 2.45) is 0 Å². The zero-order valence-corrected chi connectivity index (χ0v) is 34.6. The minimum Gasteiger partial charge on any atom is -0.457 e. The standard InChI is InChI=1S/C60H37N3O/c1-3-15-38(16-4-1)39-27-29-41(30-28-39)58-61-57(40-17-5-2-6-18-40)62-59(63-58)44-32-34-52-50(37-44)49-36-43(48-35-42-19-7-8-20-45(42)46-21-9-10-22-47(46)48)31-33-51(49)60(52)53-23-11-13-25-55(53)64-56-26-14-12-24-54(56)60/h1-37H. The molecule has 298 valence electrons. The van der Waals surface area contributed by atoms with Crippen molar-refractivity contribution < 1.29 is 4.74 Å². The van der Waals surface area contributed by atoms with Crippen molar-refractivity contribution in [2.45, 2.75) is 5.41 Å². The summed E-state index contributed by atoms with van der Waals surface area (Å²) < 4.78 is 6.69. The van der Waals surface area contributed by atoms with E-state index in [1.807, 2.05) is 24.3 Å². The fourth-order valence-electron chi connectivity index (χ4n) is 10.3. The number of hydrogen-bond donors (Lipinski definition) is 0. The molecule has 13 rings (SSSR count). The zero-order chi connectivity index (χ0) is 42.2. The van der Waals surface area contributed by atoms with Gasteiger partial charge in [-0.25, -0.2) is 15.0 Å². The first-order valence-electron chi connectivity index (χ1n) is 21.8. The molecule has 0 fully saturated rings. The van der Waals surface area contributed by atoms with Crippen molar-refractivity contribution in [2.75, 3.05) is 0 Å². The predicted molar refractivity (Wildman–Crippen MR) is 259 cm³/mol. The Bertz CT molecular complexity index is 3590. The molecule has 64 heavy (non-hydrogen) atoms. The third kappa shape index (κ3) is 5.52. The van der Waals surface area contributed by atoms with Gasteiger partial charge in [0.05, 0.1) is 5.41 Å². The molecule has 11 aromatic rings. The molecule has 2 aliphatic rings. The van der Waals surface area contributed by atoms with E-state index in [0.29, 0.717) is 17.5 Å². The van der Waals surface area contributed by atoms with Gasteiger partial charge in [-0.1, -0.05) is 194 Å². The van der Waals surface area contributed by atoms with Gasteiger partial charge in [0, 0.05) is 27.8 Å². The second-order valence-corrected chi connectivity index (χ2v) is 16.7. The highest BCUT2D eigenvalue weighted by atomic mass is 16.5. The van der Waals surface area contributed by atoms with Crippen molar-refractivity contribution in [3.8, 4) is 79.0 Å². The van der Waals surface area contributed by atoms with E-state index in [9.17, 15) is 0 Å². The van der Waals surface area contributed by atoms with Crippen LogP contribution in [-0.4, -0.2) is 15.0 Å². The van der Waals surface area contributed by atoms with Crippen molar-refractivity contribution >= 4 is 21.5 Å². The van der Waals surface area contributed by atoms with Crippen LogP contribution >= 0.6 is 0 Å². The number of nitrogens with zero attached hydrogens (tertiary/aromatic N) is 3. The van der Waals surface area contributed by atoms with Crippen molar-refractivity contribution in [1.82, 2.24) is 15.0 Å². The minimum absolute atomic E-state index is 0.616. The van der Waals surface area contributed by atoms with Gasteiger partial charge >= 0.3 is 0 Å². The van der Waals surface area contributed by atoms with Crippen LogP contribution in [0, 0.1) is 0 Å². The Morgan fingerprint density at radius 3 is 1.38 bits per heavy atom. The van der Waals surface area contributed by atoms with Crippen LogP contribution in [0.1, 0.15) is 22.3 Å². The average Bonchev–Trinajstić information content (AvgIpc) is 3.65. The summed E-state index contributed by atoms with van der Waals surface area (Å²) in [7, 11) is 0. The first kappa shape index (κ1) is 36.2. The molecule has 2 heterocycles. The second-order valence-electron chi connectivity index (χ2n) is 16.7. The first-order valence-corrected chi connectivity index (χ1v) is 21.8. The van der Waals surface area contributed by atoms with Crippen LogP contribution in [0.25, 0.3) is 89.1 Å². The molecular formula is C60H37N3O. The number of ether oxygens (including phenoxy) is 1. The Hall–Kier alpha value is -8.47. The van der Waals surface area contributed by atoms with Gasteiger partial charge in [-0.3, -0.25) is 0 Å². The molecule has 10 aromatic carbocycles. The average molecular weight is 816 g/mol. The number of rotatable bonds is 5. The topological polar surface area (TPSA) is 47.9 Å². The third-order valence-electron chi connectivity index (χ3n) is 13.2. The van der Waals surface area contributed by atoms with Gasteiger partial charge in [0.1, 0.15) is 11.5 Å². The van der Waals surface area contributed by atoms with E-state index in [1.165, 1.54) is 49.4 Å². The predicted octanol–water partition coefficient (Wildman–Crippen LogP) is 15.0. The van der Waals surface area contributed by atoms with Gasteiger partial charge in [-0.15, -0.1) is 0 Å². The molecule has 0 amide bonds. The zero-order valence-electron chi connectivity index (χ0n) is 34.6. The smallest absolute Gasteiger partial charge is 0.164 e. The summed E-state index contributed by atoms with van der Waals surface area (Å²) in [5, 5.41) is 4.95. The van der Waals surface area contributed by atoms with E-state index in [-0.39, 0.29) is 0 Å². The number of aromatic nitrogens is 3. The molecule has 1 spiro atoms. The Labute approximate surface area is 370 Å². The van der Waals surface area contributed by atoms with E-state index in [0.717, 1.165) is 56.0 Å². The fourth-order valence-corrected chi connectivity index (χ4v) is 10.3. The van der Waals surface area contributed by atoms with E-state index in [1.54, 1.807) is 0 Å². The highest BCUT2D eigenvalue weighted by Gasteiger charge is 2.51. The van der Waals surface area contributed by atoms with Gasteiger partial charge in [0.25, 0.3) is 0 Å². The van der Waals surface area contributed by atoms with Crippen LogP contribution in [0.4, 0.5) is 0 Å². The molecule has 0 radical (unpaired) electrons. The molecule has 0 atom stereocenters. The normalized spacial score (nSPS) is 12.9. The van der Waals surface area contributed by atoms with Crippen molar-refractivity contribution in [1.29, 1.82) is 0 Å². The van der Waals surface area contributed by atoms with Gasteiger partial charge in [0.15, 0.2) is 17.5 Å². The SMILES string of the molecule is c1ccc(-c2ccc(-c3nc(-c4ccccc4)nc(-c4ccc5c(c4)-c4cc(-c6cc7ccccc7c7ccccc67)ccc4C54c5ccccc5Oc5ccccc54)n3)cc2)cc1. The summed E-state index contributed by atoms with van der Waals surface area (Å²) in [6.45, 7) is 0. The first-order chi connectivity index (χ1) is 31.7. The summed E-state index contributed by atoms with van der Waals surface area (Å²) in [6, 6.07) is 79.9. The van der Waals surface area contributed by atoms with Gasteiger partial charge in [-0.05, 0) is 96.4 Å². The number of para-hydroxylation sites is 2. The van der Waals surface area contributed by atoms with E-state index < -0.39 is 5.41 Å². The van der Waals surface area contributed by atoms with Gasteiger partial charge in [-0.2, -0.15) is 0 Å². The molecule has 1 aromatic heterocycles. The number of benzene rings is 10. The monoisotopic (exact) mass is 815 g/mol. The van der Waals surface area contributed by atoms with E-state index in [2.05, 4.69) is 200 Å². The second kappa shape index (κ2) is 14.3. The Balaban J connectivity index is 1.05. The van der Waals surface area contributed by atoms with Crippen LogP contribution in [0.15, 0.2) is 224 Å². The lowest BCUT2D eigenvalue weighted by atomic mass is 9.66. The molecule has 1 aliphatic heterocycles. The lowest BCUT2D eigenvalue weighted by molar-refractivity contribution is 0.436. The lowest BCUT2D eigenvalue weighted by Crippen LogP contribution is -2.32. The van der Waals surface area contributed by atoms with Crippen LogP contribution in [0.3, 0.4) is 0 Å². The van der Waals surface area contributed by atoms with Crippen molar-refractivity contribution in [3.05, 3.63) is 247 Å². The summed E-state index contributed by atoms with van der Waals surface area (Å²) in [5.74, 6) is 3.59. The molecule has 1 aliphatic carbocycles. The van der Waals surface area contributed by atoms with Crippen LogP contribution in [-0.2, 0) is 5.41 Å². The highest BCUT2D eigenvalue weighted by molar-refractivity contribution is 6.14. The molecule has 0 bridgehead atoms. The van der Waals surface area contributed by atoms with Gasteiger partial charge in [0.2, 0.25) is 0 Å². The van der Waals surface area contributed by atoms with Gasteiger partial charge < -0.3 is 4.74 Å². The molecular weight excluding hydrogens is 779 g/mol. The molecule has 0 unspecified atom stereocenters. The maximum Gasteiger partial charge on any atom is 0.164 e. The quantitative estimate of drug-likeness (QED) is 0.162. The fraction of sp³-hybridized carbons (Fsp3) is 0.0167. The summed E-state index contributed by atoms with van der Waals surface area (Å²) in [5.41, 5.74) is 13.8. The molecule has 0 saturated heterocycles. The van der Waals surface area contributed by atoms with Crippen LogP contribution in [0.2, 0.25) is 0 Å². The largest absolute Gasteiger partial charge is 0.457 e. The summed E-state index contributed by atoms with van der Waals surface area (Å²) >= 11 is 0. The Kier molecular flexibility index (Phi) is 8.09. The van der Waals surface area contributed by atoms with E-state index in [4.69, 9.17) is 19.7 Å². The Morgan fingerprint density at radius 1 is 0.281 bits per heavy atom. The molecule has 4 nitrogen and oxygen atoms in total. The van der Waals surface area contributed by atoms with Crippen molar-refractivity contribution in [3.63, 3.8) is 0 Å². The van der Waals surface area contributed by atoms with Crippen LogP contribution < -0.4 is 4.74 Å². The number of fused-ring (bicyclic) bond motifs is 12. The highest BCUT2D eigenvalue weighted by Crippen LogP contribution is 2.62. The maximum atomic E-state index is 6.69. The molecule has 0 saturated carbocycles.